The van der Waals surface area contributed by atoms with Crippen molar-refractivity contribution >= 4 is 11.6 Å². The molecule has 0 unspecified atom stereocenters. The van der Waals surface area contributed by atoms with Gasteiger partial charge in [-0.15, -0.1) is 0 Å². The van der Waals surface area contributed by atoms with Crippen molar-refractivity contribution < 1.29 is 27.5 Å². The molecule has 1 aliphatic heterocycles. The predicted molar refractivity (Wildman–Crippen MR) is 106 cm³/mol. The van der Waals surface area contributed by atoms with E-state index in [2.05, 4.69) is 5.16 Å². The second-order valence-corrected chi connectivity index (χ2v) is 7.02. The molecule has 1 aliphatic rings. The lowest BCUT2D eigenvalue weighted by Crippen LogP contribution is -2.36. The highest BCUT2D eigenvalue weighted by Gasteiger charge is 2.30. The minimum absolute atomic E-state index is 0.101. The van der Waals surface area contributed by atoms with Crippen LogP contribution in [0.25, 0.3) is 0 Å². The Hall–Kier alpha value is -3.03. The summed E-state index contributed by atoms with van der Waals surface area (Å²) >= 11 is 0. The molecule has 3 rings (SSSR count). The molecule has 0 aliphatic carbocycles. The van der Waals surface area contributed by atoms with Gasteiger partial charge in [-0.3, -0.25) is 4.79 Å². The highest BCUT2D eigenvalue weighted by molar-refractivity contribution is 6.01. The number of alkyl halides is 3. The van der Waals surface area contributed by atoms with Gasteiger partial charge in [-0.05, 0) is 47.5 Å². The fourth-order valence-corrected chi connectivity index (χ4v) is 3.22. The van der Waals surface area contributed by atoms with E-state index >= 15 is 0 Å². The van der Waals surface area contributed by atoms with Crippen LogP contribution in [0.15, 0.2) is 53.7 Å². The average Bonchev–Trinajstić information content (AvgIpc) is 3.21. The molecular weight excluding hydrogens is 397 g/mol. The summed E-state index contributed by atoms with van der Waals surface area (Å²) in [6.07, 6.45) is -3.87. The number of benzene rings is 2. The molecule has 160 valence electrons. The van der Waals surface area contributed by atoms with Gasteiger partial charge in [0.15, 0.2) is 6.10 Å². The Labute approximate surface area is 173 Å². The van der Waals surface area contributed by atoms with Crippen LogP contribution in [-0.4, -0.2) is 36.3 Å². The van der Waals surface area contributed by atoms with E-state index in [1.165, 1.54) is 12.1 Å². The fourth-order valence-electron chi connectivity index (χ4n) is 3.22. The summed E-state index contributed by atoms with van der Waals surface area (Å²) in [7, 11) is 1.59. The Morgan fingerprint density at radius 1 is 1.17 bits per heavy atom. The number of hydrogen-bond acceptors (Lipinski definition) is 4. The smallest absolute Gasteiger partial charge is 0.416 e. The van der Waals surface area contributed by atoms with E-state index in [1.54, 1.807) is 18.9 Å². The van der Waals surface area contributed by atoms with Gasteiger partial charge in [-0.1, -0.05) is 24.2 Å². The summed E-state index contributed by atoms with van der Waals surface area (Å²) in [6, 6.07) is 12.3. The Bertz CT molecular complexity index is 893. The van der Waals surface area contributed by atoms with E-state index in [-0.39, 0.29) is 18.6 Å². The monoisotopic (exact) mass is 420 g/mol. The van der Waals surface area contributed by atoms with Crippen LogP contribution in [-0.2, 0) is 22.4 Å². The third kappa shape index (κ3) is 5.31. The van der Waals surface area contributed by atoms with E-state index in [4.69, 9.17) is 9.57 Å². The Morgan fingerprint density at radius 2 is 1.83 bits per heavy atom. The highest BCUT2D eigenvalue weighted by atomic mass is 19.4. The van der Waals surface area contributed by atoms with Gasteiger partial charge in [0.2, 0.25) is 5.91 Å². The summed E-state index contributed by atoms with van der Waals surface area (Å²) in [5.74, 6) is 0.641. The normalized spacial score (nSPS) is 16.0. The third-order valence-corrected chi connectivity index (χ3v) is 4.89. The van der Waals surface area contributed by atoms with Gasteiger partial charge in [-0.2, -0.15) is 13.2 Å². The Kier molecular flexibility index (Phi) is 6.64. The largest absolute Gasteiger partial charge is 0.497 e. The second-order valence-electron chi connectivity index (χ2n) is 7.02. The van der Waals surface area contributed by atoms with Crippen molar-refractivity contribution in [3.8, 4) is 5.75 Å². The number of nitrogens with zero attached hydrogens (tertiary/aromatic N) is 2. The first-order valence-electron chi connectivity index (χ1n) is 9.61. The Morgan fingerprint density at radius 3 is 2.40 bits per heavy atom. The zero-order valence-electron chi connectivity index (χ0n) is 16.8. The predicted octanol–water partition coefficient (Wildman–Crippen LogP) is 4.65. The van der Waals surface area contributed by atoms with E-state index in [1.807, 2.05) is 24.3 Å². The first-order valence-corrected chi connectivity index (χ1v) is 9.61. The van der Waals surface area contributed by atoms with Crippen LogP contribution < -0.4 is 4.74 Å². The molecule has 1 heterocycles. The molecule has 2 aromatic carbocycles. The average molecular weight is 420 g/mol. The molecule has 0 saturated carbocycles. The molecule has 0 radical (unpaired) electrons. The van der Waals surface area contributed by atoms with Gasteiger partial charge < -0.3 is 14.5 Å². The molecule has 30 heavy (non-hydrogen) atoms. The molecule has 1 atom stereocenters. The molecule has 8 heteroatoms. The quantitative estimate of drug-likeness (QED) is 0.656. The zero-order chi connectivity index (χ0) is 21.7. The molecular formula is C22H23F3N2O3. The van der Waals surface area contributed by atoms with Gasteiger partial charge in [0, 0.05) is 19.4 Å². The number of halogens is 3. The van der Waals surface area contributed by atoms with Crippen LogP contribution in [0, 0.1) is 0 Å². The summed E-state index contributed by atoms with van der Waals surface area (Å²) < 4.78 is 43.4. The lowest BCUT2D eigenvalue weighted by molar-refractivity contribution is -0.137. The summed E-state index contributed by atoms with van der Waals surface area (Å²) in [6.45, 7) is 2.26. The van der Waals surface area contributed by atoms with Crippen molar-refractivity contribution in [3.05, 3.63) is 65.2 Å². The highest BCUT2D eigenvalue weighted by Crippen LogP contribution is 2.29. The SMILES string of the molecule is CCC(=O)N(Cc1ccc(C(F)(F)F)cc1)C[C@H]1CC(c2ccc(OC)cc2)=NO1. The molecule has 2 aromatic rings. The van der Waals surface area contributed by atoms with E-state index in [0.717, 1.165) is 29.2 Å². The molecule has 0 fully saturated rings. The van der Waals surface area contributed by atoms with Gasteiger partial charge >= 0.3 is 6.18 Å². The molecule has 0 bridgehead atoms. The Balaban J connectivity index is 1.63. The number of amides is 1. The molecule has 0 saturated heterocycles. The lowest BCUT2D eigenvalue weighted by atomic mass is 10.0. The van der Waals surface area contributed by atoms with Crippen LogP contribution in [0.2, 0.25) is 0 Å². The number of carbonyl (C=O) groups is 1. The van der Waals surface area contributed by atoms with E-state index in [0.29, 0.717) is 24.9 Å². The van der Waals surface area contributed by atoms with Gasteiger partial charge in [0.1, 0.15) is 5.75 Å². The maximum Gasteiger partial charge on any atom is 0.416 e. The van der Waals surface area contributed by atoms with Crippen molar-refractivity contribution in [1.29, 1.82) is 0 Å². The summed E-state index contributed by atoms with van der Waals surface area (Å²) in [4.78, 5) is 19.5. The summed E-state index contributed by atoms with van der Waals surface area (Å²) in [5.41, 5.74) is 1.60. The van der Waals surface area contributed by atoms with Crippen molar-refractivity contribution in [3.63, 3.8) is 0 Å². The van der Waals surface area contributed by atoms with Crippen LogP contribution in [0.5, 0.6) is 5.75 Å². The maximum atomic E-state index is 12.8. The number of rotatable bonds is 7. The fraction of sp³-hybridized carbons (Fsp3) is 0.364. The number of ether oxygens (including phenoxy) is 1. The number of carbonyl (C=O) groups excluding carboxylic acids is 1. The first kappa shape index (κ1) is 21.7. The number of oxime groups is 1. The van der Waals surface area contributed by atoms with Gasteiger partial charge in [0.25, 0.3) is 0 Å². The molecule has 0 aromatic heterocycles. The minimum atomic E-state index is -4.38. The van der Waals surface area contributed by atoms with Crippen molar-refractivity contribution in [2.24, 2.45) is 5.16 Å². The van der Waals surface area contributed by atoms with Gasteiger partial charge in [0.05, 0.1) is 24.9 Å². The van der Waals surface area contributed by atoms with Crippen LogP contribution in [0.3, 0.4) is 0 Å². The topological polar surface area (TPSA) is 51.1 Å². The third-order valence-electron chi connectivity index (χ3n) is 4.89. The molecule has 5 nitrogen and oxygen atoms in total. The lowest BCUT2D eigenvalue weighted by Gasteiger charge is -2.24. The van der Waals surface area contributed by atoms with E-state index in [9.17, 15) is 18.0 Å². The van der Waals surface area contributed by atoms with E-state index < -0.39 is 11.7 Å². The van der Waals surface area contributed by atoms with Gasteiger partial charge in [-0.25, -0.2) is 0 Å². The molecule has 0 N–H and O–H groups in total. The van der Waals surface area contributed by atoms with Crippen molar-refractivity contribution in [2.75, 3.05) is 13.7 Å². The molecule has 1 amide bonds. The maximum absolute atomic E-state index is 12.8. The zero-order valence-corrected chi connectivity index (χ0v) is 16.8. The van der Waals surface area contributed by atoms with Crippen LogP contribution in [0.1, 0.15) is 36.5 Å². The number of hydrogen-bond donors (Lipinski definition) is 0. The first-order chi connectivity index (χ1) is 14.3. The number of methoxy groups -OCH3 is 1. The standard InChI is InChI=1S/C22H23F3N2O3/c1-3-21(28)27(13-15-4-8-17(9-5-15)22(23,24)25)14-19-12-20(26-30-19)16-6-10-18(29-2)11-7-16/h4-11,19H,3,12-14H2,1-2H3/t19-/m1/s1. The van der Waals surface area contributed by atoms with Crippen LogP contribution in [0.4, 0.5) is 13.2 Å². The van der Waals surface area contributed by atoms with Crippen molar-refractivity contribution in [2.45, 2.75) is 38.6 Å². The van der Waals surface area contributed by atoms with Crippen molar-refractivity contribution in [1.82, 2.24) is 4.90 Å². The van der Waals surface area contributed by atoms with Crippen LogP contribution >= 0.6 is 0 Å². The second kappa shape index (κ2) is 9.19. The minimum Gasteiger partial charge on any atom is -0.497 e. The summed E-state index contributed by atoms with van der Waals surface area (Å²) in [5, 5.41) is 4.14. The molecule has 0 spiro atoms.